The molecule has 10 amide bonds. The minimum Gasteiger partial charge on any atom is -0.445 e. The van der Waals surface area contributed by atoms with Crippen LogP contribution in [0, 0.1) is 35.5 Å². The van der Waals surface area contributed by atoms with E-state index in [1.165, 1.54) is 33.4 Å². The Morgan fingerprint density at radius 2 is 1.15 bits per heavy atom. The third kappa shape index (κ3) is 22.5. The molecule has 520 valence electrons. The summed E-state index contributed by atoms with van der Waals surface area (Å²) in [7, 11) is 6.05. The fraction of sp³-hybridized carbons (Fsp3) is 0.594. The van der Waals surface area contributed by atoms with Gasteiger partial charge in [-0.05, 0) is 78.2 Å². The van der Waals surface area contributed by atoms with Crippen molar-refractivity contribution in [3.05, 3.63) is 102 Å². The average molecular weight is 1310 g/mol. The Kier molecular flexibility index (Phi) is 31.4. The highest BCUT2D eigenvalue weighted by atomic mass is 16.6. The number of amides is 10. The van der Waals surface area contributed by atoms with Gasteiger partial charge in [0.25, 0.3) is 0 Å². The number of anilines is 1. The molecule has 94 heavy (non-hydrogen) atoms. The lowest BCUT2D eigenvalue weighted by molar-refractivity contribution is -0.148. The first-order valence-corrected chi connectivity index (χ1v) is 32.5. The number of hydrogen-bond acceptors (Lipinski definition) is 15. The molecule has 9 N–H and O–H groups in total. The number of carbonyl (C=O) groups excluding carboxylic acids is 10. The Labute approximate surface area is 554 Å². The number of likely N-dealkylation sites (N-methyl/N-ethyl adjacent to an activating group) is 2. The molecule has 13 atom stereocenters. The SMILES string of the molecule is CC[C@H](C)C([C@@H](CC(=O)N1CCC[C@H]1[C@H](OC)[C@@H](C)C(=O)N[C@H](C)[C@@H](O)c1ccccc1)OC)N(C)C(=O)[C@@H](NC(=O)[C@H](C(C)C)N(C)C(=O)OCc1ccc(NC(=O)[C@H](CC(N)=O)NC(=O)[C@@H](NC(=O)[C@@H](NC(=O)OCc2ccccc2)C(C)C)C(C)C)cc1)C(C)C. The summed E-state index contributed by atoms with van der Waals surface area (Å²) in [6, 6.07) is 16.5. The zero-order valence-corrected chi connectivity index (χ0v) is 57.6. The lowest BCUT2D eigenvalue weighted by Crippen LogP contribution is -2.60. The molecule has 0 radical (unpaired) electrons. The lowest BCUT2D eigenvalue weighted by atomic mass is 9.89. The number of likely N-dealkylation sites (tertiary alicyclic amines) is 1. The van der Waals surface area contributed by atoms with Gasteiger partial charge >= 0.3 is 12.2 Å². The van der Waals surface area contributed by atoms with Crippen molar-refractivity contribution in [2.75, 3.05) is 40.2 Å². The smallest absolute Gasteiger partial charge is 0.410 e. The van der Waals surface area contributed by atoms with Crippen molar-refractivity contribution in [3.8, 4) is 0 Å². The summed E-state index contributed by atoms with van der Waals surface area (Å²) in [6.07, 6.45) is -2.88. The number of aliphatic hydroxyl groups excluding tert-OH is 1. The number of aliphatic hydroxyl groups is 1. The van der Waals surface area contributed by atoms with E-state index in [2.05, 4.69) is 31.9 Å². The molecular formula is C69H104N10O15. The van der Waals surface area contributed by atoms with E-state index in [-0.39, 0.29) is 43.1 Å². The van der Waals surface area contributed by atoms with Gasteiger partial charge in [0, 0.05) is 40.5 Å². The van der Waals surface area contributed by atoms with Gasteiger partial charge in [-0.15, -0.1) is 0 Å². The van der Waals surface area contributed by atoms with E-state index in [9.17, 15) is 53.1 Å². The zero-order valence-electron chi connectivity index (χ0n) is 57.6. The topological polar surface area (TPSA) is 336 Å². The first kappa shape index (κ1) is 78.3. The Hall–Kier alpha value is -8.16. The van der Waals surface area contributed by atoms with Crippen LogP contribution in [0.4, 0.5) is 15.3 Å². The van der Waals surface area contributed by atoms with Gasteiger partial charge in [-0.25, -0.2) is 9.59 Å². The van der Waals surface area contributed by atoms with Crippen LogP contribution in [0.15, 0.2) is 84.9 Å². The number of hydrogen-bond donors (Lipinski definition) is 8. The first-order chi connectivity index (χ1) is 44.4. The second-order valence-corrected chi connectivity index (χ2v) is 25.9. The van der Waals surface area contributed by atoms with Crippen LogP contribution in [0.5, 0.6) is 0 Å². The molecule has 1 fully saturated rings. The third-order valence-corrected chi connectivity index (χ3v) is 17.4. The number of alkyl carbamates (subject to hydrolysis) is 1. The minimum atomic E-state index is -1.47. The number of nitrogens with zero attached hydrogens (tertiary/aromatic N) is 3. The van der Waals surface area contributed by atoms with Crippen LogP contribution in [0.25, 0.3) is 0 Å². The minimum absolute atomic E-state index is 0.0324. The highest BCUT2D eigenvalue weighted by Crippen LogP contribution is 2.31. The van der Waals surface area contributed by atoms with E-state index >= 15 is 0 Å². The van der Waals surface area contributed by atoms with Crippen molar-refractivity contribution < 1.29 is 72.0 Å². The number of ether oxygens (including phenoxy) is 4. The second kappa shape index (κ2) is 37.7. The van der Waals surface area contributed by atoms with Crippen LogP contribution < -0.4 is 37.6 Å². The summed E-state index contributed by atoms with van der Waals surface area (Å²) >= 11 is 0. The highest BCUT2D eigenvalue weighted by molar-refractivity contribution is 6.01. The zero-order chi connectivity index (χ0) is 70.3. The molecule has 4 rings (SSSR count). The van der Waals surface area contributed by atoms with Gasteiger partial charge in [0.1, 0.15) is 43.4 Å². The van der Waals surface area contributed by atoms with Gasteiger partial charge in [0.05, 0.1) is 55.2 Å². The van der Waals surface area contributed by atoms with Crippen LogP contribution >= 0.6 is 0 Å². The molecular weight excluding hydrogens is 1210 g/mol. The van der Waals surface area contributed by atoms with Crippen molar-refractivity contribution >= 4 is 65.1 Å². The third-order valence-electron chi connectivity index (χ3n) is 17.4. The summed E-state index contributed by atoms with van der Waals surface area (Å²) < 4.78 is 23.0. The molecule has 25 nitrogen and oxygen atoms in total. The molecule has 0 aliphatic carbocycles. The summed E-state index contributed by atoms with van der Waals surface area (Å²) in [6.45, 7) is 21.4. The van der Waals surface area contributed by atoms with E-state index in [1.54, 1.807) is 135 Å². The van der Waals surface area contributed by atoms with Gasteiger partial charge in [-0.2, -0.15) is 0 Å². The van der Waals surface area contributed by atoms with Crippen molar-refractivity contribution in [2.45, 2.75) is 195 Å². The average Bonchev–Trinajstić information content (AvgIpc) is 1.35. The number of primary amides is 1. The van der Waals surface area contributed by atoms with E-state index in [0.717, 1.165) is 10.5 Å². The predicted octanol–water partition coefficient (Wildman–Crippen LogP) is 5.97. The van der Waals surface area contributed by atoms with Crippen LogP contribution in [0.3, 0.4) is 0 Å². The maximum Gasteiger partial charge on any atom is 0.410 e. The quantitative estimate of drug-likeness (QED) is 0.0336. The monoisotopic (exact) mass is 1310 g/mol. The van der Waals surface area contributed by atoms with Crippen molar-refractivity contribution in [1.29, 1.82) is 0 Å². The van der Waals surface area contributed by atoms with Crippen molar-refractivity contribution in [1.82, 2.24) is 41.3 Å². The predicted molar refractivity (Wildman–Crippen MR) is 354 cm³/mol. The summed E-state index contributed by atoms with van der Waals surface area (Å²) in [5.74, 6) is -7.47. The molecule has 25 heteroatoms. The molecule has 0 saturated carbocycles. The molecule has 1 aliphatic rings. The van der Waals surface area contributed by atoms with Crippen LogP contribution in [0.2, 0.25) is 0 Å². The van der Waals surface area contributed by atoms with Gasteiger partial charge < -0.3 is 71.5 Å². The summed E-state index contributed by atoms with van der Waals surface area (Å²) in [5, 5.41) is 27.2. The second-order valence-electron chi connectivity index (χ2n) is 25.9. The molecule has 0 bridgehead atoms. The Morgan fingerprint density at radius 3 is 1.69 bits per heavy atom. The van der Waals surface area contributed by atoms with Crippen LogP contribution in [0.1, 0.15) is 138 Å². The lowest BCUT2D eigenvalue weighted by Gasteiger charge is -2.41. The highest BCUT2D eigenvalue weighted by Gasteiger charge is 2.44. The molecule has 3 aromatic carbocycles. The normalized spacial score (nSPS) is 16.9. The maximum absolute atomic E-state index is 14.8. The van der Waals surface area contributed by atoms with Gasteiger partial charge in [-0.1, -0.05) is 155 Å². The van der Waals surface area contributed by atoms with Crippen LogP contribution in [-0.4, -0.2) is 175 Å². The number of benzene rings is 3. The number of carbonyl (C=O) groups is 10. The Morgan fingerprint density at radius 1 is 0.606 bits per heavy atom. The van der Waals surface area contributed by atoms with Gasteiger partial charge in [0.2, 0.25) is 47.3 Å². The number of nitrogens with two attached hydrogens (primary N) is 1. The largest absolute Gasteiger partial charge is 0.445 e. The van der Waals surface area contributed by atoms with E-state index in [0.29, 0.717) is 36.9 Å². The van der Waals surface area contributed by atoms with E-state index < -0.39 is 150 Å². The van der Waals surface area contributed by atoms with Gasteiger partial charge in [0.15, 0.2) is 0 Å². The Balaban J connectivity index is 1.38. The van der Waals surface area contributed by atoms with Crippen LogP contribution in [-0.2, 0) is 70.5 Å². The molecule has 0 spiro atoms. The number of rotatable bonds is 35. The maximum atomic E-state index is 14.8. The van der Waals surface area contributed by atoms with Crippen molar-refractivity contribution in [3.63, 3.8) is 0 Å². The number of nitrogens with one attached hydrogen (secondary N) is 6. The first-order valence-electron chi connectivity index (χ1n) is 32.5. The Bertz CT molecular complexity index is 2970. The molecule has 3 aromatic rings. The molecule has 1 heterocycles. The molecule has 1 unspecified atom stereocenters. The fourth-order valence-corrected chi connectivity index (χ4v) is 11.7. The van der Waals surface area contributed by atoms with Gasteiger partial charge in [-0.3, -0.25) is 43.3 Å². The summed E-state index contributed by atoms with van der Waals surface area (Å²) in [5.41, 5.74) is 7.65. The summed E-state index contributed by atoms with van der Waals surface area (Å²) in [4.78, 5) is 141. The fourth-order valence-electron chi connectivity index (χ4n) is 11.7. The van der Waals surface area contributed by atoms with E-state index in [4.69, 9.17) is 24.7 Å². The van der Waals surface area contributed by atoms with Crippen molar-refractivity contribution in [2.24, 2.45) is 41.2 Å². The standard InChI is InChI=1S/C69H104N10O15/c1-17-43(10)59(52(91-15)36-54(81)79-34-24-29-51(79)61(92-16)44(11)62(83)71-45(12)60(82)48-27-22-19-23-28-48)77(13)67(88)57(41(6)7)75-66(87)58(42(8)9)78(14)69(90)94-38-47-30-32-49(33-31-47)72-63(84)50(35-53(70)80)73-64(85)55(39(2)3)74-65(86)56(40(4)5)76-68(89)93-37-46-25-20-18-21-26-46/h18-23,25-28,30-33,39-45,50-52,55-61,82H,17,24,29,34-38H2,1-16H3,(H2,70,80)(H,71,83)(H,72,84)(H,73,85)(H,74,86)(H,75,87)(H,76,89)/t43-,44+,45+,50-,51-,52+,55-,56-,57-,58-,59?,60+,61+/m0/s1. The molecule has 0 aromatic heterocycles. The van der Waals surface area contributed by atoms with E-state index in [1.807, 2.05) is 38.1 Å². The number of methoxy groups -OCH3 is 2. The molecule has 1 saturated heterocycles. The molecule has 1 aliphatic heterocycles.